The first-order chi connectivity index (χ1) is 18.6. The third-order valence-electron chi connectivity index (χ3n) is 10.9. The molecule has 2 atom stereocenters. The van der Waals surface area contributed by atoms with Crippen molar-refractivity contribution in [2.75, 3.05) is 13.2 Å². The highest BCUT2D eigenvalue weighted by Crippen LogP contribution is 2.47. The second-order valence-electron chi connectivity index (χ2n) is 13.0. The van der Waals surface area contributed by atoms with Crippen molar-refractivity contribution in [2.24, 2.45) is 35.5 Å². The van der Waals surface area contributed by atoms with E-state index in [0.29, 0.717) is 18.3 Å². The molecule has 1 saturated heterocycles. The van der Waals surface area contributed by atoms with Crippen LogP contribution in [-0.4, -0.2) is 19.3 Å². The normalized spacial score (nSPS) is 36.5. The van der Waals surface area contributed by atoms with Crippen LogP contribution >= 0.6 is 0 Å². The fourth-order valence-corrected chi connectivity index (χ4v) is 8.46. The summed E-state index contributed by atoms with van der Waals surface area (Å²) in [5.74, 6) is 3.36. The molecule has 0 bridgehead atoms. The zero-order valence-corrected chi connectivity index (χ0v) is 23.7. The fraction of sp³-hybridized carbons (Fsp3) is 0.765. The van der Waals surface area contributed by atoms with Gasteiger partial charge in [0.05, 0.1) is 19.3 Å². The first-order valence-electron chi connectivity index (χ1n) is 15.9. The molecule has 1 aliphatic heterocycles. The fourth-order valence-electron chi connectivity index (χ4n) is 8.46. The van der Waals surface area contributed by atoms with E-state index < -0.39 is 11.6 Å². The summed E-state index contributed by atoms with van der Waals surface area (Å²) in [5.41, 5.74) is 0.551. The summed E-state index contributed by atoms with van der Waals surface area (Å²) in [4.78, 5) is 0. The Kier molecular flexibility index (Phi) is 9.84. The molecule has 1 aromatic carbocycles. The van der Waals surface area contributed by atoms with E-state index in [1.165, 1.54) is 64.2 Å². The van der Waals surface area contributed by atoms with Gasteiger partial charge in [-0.25, -0.2) is 4.39 Å². The lowest BCUT2D eigenvalue weighted by atomic mass is 9.67. The van der Waals surface area contributed by atoms with Crippen molar-refractivity contribution in [3.05, 3.63) is 42.0 Å². The summed E-state index contributed by atoms with van der Waals surface area (Å²) < 4.78 is 41.3. The lowest BCUT2D eigenvalue weighted by molar-refractivity contribution is -0.0752. The summed E-state index contributed by atoms with van der Waals surface area (Å²) in [6.45, 7) is 7.35. The van der Waals surface area contributed by atoms with E-state index in [-0.39, 0.29) is 11.7 Å². The smallest absolute Gasteiger partial charge is 0.200 e. The van der Waals surface area contributed by atoms with Crippen molar-refractivity contribution in [2.45, 2.75) is 115 Å². The lowest BCUT2D eigenvalue weighted by Gasteiger charge is -2.43. The molecule has 0 amide bonds. The van der Waals surface area contributed by atoms with Gasteiger partial charge in [-0.15, -0.1) is 6.58 Å². The van der Waals surface area contributed by atoms with Crippen LogP contribution in [0.15, 0.2) is 24.8 Å². The van der Waals surface area contributed by atoms with Gasteiger partial charge in [0.15, 0.2) is 11.6 Å². The minimum Gasteiger partial charge on any atom is -0.490 e. The van der Waals surface area contributed by atoms with Crippen LogP contribution in [-0.2, 0) is 4.74 Å². The van der Waals surface area contributed by atoms with Gasteiger partial charge in [-0.2, -0.15) is 4.39 Å². The number of benzene rings is 1. The molecule has 38 heavy (non-hydrogen) atoms. The molecule has 2 nitrogen and oxygen atoms in total. The number of hydrogen-bond acceptors (Lipinski definition) is 2. The Bertz CT molecular complexity index is 884. The predicted molar refractivity (Wildman–Crippen MR) is 150 cm³/mol. The molecule has 3 aliphatic carbocycles. The zero-order valence-electron chi connectivity index (χ0n) is 23.7. The highest BCUT2D eigenvalue weighted by Gasteiger charge is 2.37. The van der Waals surface area contributed by atoms with Gasteiger partial charge >= 0.3 is 0 Å². The van der Waals surface area contributed by atoms with Crippen LogP contribution in [0.2, 0.25) is 0 Å². The van der Waals surface area contributed by atoms with Crippen molar-refractivity contribution in [3.8, 4) is 5.75 Å². The van der Waals surface area contributed by atoms with Crippen molar-refractivity contribution in [1.82, 2.24) is 0 Å². The molecule has 4 aliphatic rings. The number of allylic oxidation sites excluding steroid dienone is 1. The van der Waals surface area contributed by atoms with Gasteiger partial charge in [0.2, 0.25) is 5.82 Å². The molecule has 2 unspecified atom stereocenters. The predicted octanol–water partition coefficient (Wildman–Crippen LogP) is 9.62. The molecular weight excluding hydrogens is 478 g/mol. The Morgan fingerprint density at radius 2 is 1.34 bits per heavy atom. The molecule has 0 spiro atoms. The topological polar surface area (TPSA) is 18.5 Å². The molecule has 4 heteroatoms. The average molecular weight is 529 g/mol. The van der Waals surface area contributed by atoms with Gasteiger partial charge in [-0.05, 0) is 149 Å². The molecule has 0 radical (unpaired) electrons. The van der Waals surface area contributed by atoms with Gasteiger partial charge in [0, 0.05) is 0 Å². The van der Waals surface area contributed by atoms with Gasteiger partial charge < -0.3 is 9.47 Å². The quantitative estimate of drug-likeness (QED) is 0.313. The van der Waals surface area contributed by atoms with Crippen LogP contribution in [0.25, 0.3) is 0 Å². The highest BCUT2D eigenvalue weighted by molar-refractivity contribution is 5.33. The minimum atomic E-state index is -0.812. The van der Waals surface area contributed by atoms with Crippen molar-refractivity contribution < 1.29 is 18.3 Å². The first-order valence-corrected chi connectivity index (χ1v) is 15.9. The van der Waals surface area contributed by atoms with Crippen molar-refractivity contribution in [1.29, 1.82) is 0 Å². The van der Waals surface area contributed by atoms with Crippen molar-refractivity contribution >= 4 is 0 Å². The van der Waals surface area contributed by atoms with Gasteiger partial charge in [-0.3, -0.25) is 0 Å². The third-order valence-corrected chi connectivity index (χ3v) is 10.9. The van der Waals surface area contributed by atoms with E-state index in [4.69, 9.17) is 9.47 Å². The second-order valence-corrected chi connectivity index (χ2v) is 13.0. The summed E-state index contributed by atoms with van der Waals surface area (Å²) in [6.07, 6.45) is 20.9. The molecule has 0 aromatic heterocycles. The number of ether oxygens (including phenoxy) is 2. The van der Waals surface area contributed by atoms with Crippen LogP contribution in [0.1, 0.15) is 115 Å². The second kappa shape index (κ2) is 13.3. The van der Waals surface area contributed by atoms with Crippen molar-refractivity contribution in [3.63, 3.8) is 0 Å². The summed E-state index contributed by atoms with van der Waals surface area (Å²) in [5, 5.41) is 0. The Morgan fingerprint density at radius 3 is 1.95 bits per heavy atom. The molecular formula is C34H50F2O2. The molecule has 4 fully saturated rings. The first kappa shape index (κ1) is 28.1. The number of halogens is 2. The number of rotatable bonds is 8. The van der Waals surface area contributed by atoms with E-state index in [2.05, 4.69) is 12.7 Å². The Labute approximate surface area is 229 Å². The lowest BCUT2D eigenvalue weighted by Crippen LogP contribution is -2.37. The van der Waals surface area contributed by atoms with Gasteiger partial charge in [-0.1, -0.05) is 19.1 Å². The van der Waals surface area contributed by atoms with Crippen LogP contribution in [0.3, 0.4) is 0 Å². The maximum absolute atomic E-state index is 14.8. The summed E-state index contributed by atoms with van der Waals surface area (Å²) >= 11 is 0. The molecule has 3 saturated carbocycles. The van der Waals surface area contributed by atoms with Gasteiger partial charge in [0.25, 0.3) is 0 Å². The number of hydrogen-bond donors (Lipinski definition) is 0. The molecule has 1 heterocycles. The van der Waals surface area contributed by atoms with Crippen LogP contribution < -0.4 is 4.74 Å². The Morgan fingerprint density at radius 1 is 0.763 bits per heavy atom. The minimum absolute atomic E-state index is 0.0478. The van der Waals surface area contributed by atoms with Crippen LogP contribution in [0, 0.1) is 47.1 Å². The van der Waals surface area contributed by atoms with Gasteiger partial charge in [0.1, 0.15) is 0 Å². The average Bonchev–Trinajstić information content (AvgIpc) is 2.98. The maximum Gasteiger partial charge on any atom is 0.200 e. The third kappa shape index (κ3) is 6.48. The van der Waals surface area contributed by atoms with E-state index in [1.54, 1.807) is 12.1 Å². The molecule has 212 valence electrons. The highest BCUT2D eigenvalue weighted by atomic mass is 19.2. The summed E-state index contributed by atoms with van der Waals surface area (Å²) in [6, 6.07) is 3.39. The SMILES string of the molecule is C=CC1CCC(C2CCC(C3CCC(C4CCC(c5ccc(OCCC)c(F)c5F)CC4)CC3)OC2)CC1. The van der Waals surface area contributed by atoms with Crippen LogP contribution in [0.4, 0.5) is 8.78 Å². The standard InChI is InChI=1S/C34H50F2O2/c1-3-21-37-32-20-18-30(33(35)34(32)36)27-13-9-24(10-14-27)25-11-15-28(16-12-25)31-19-17-29(22-38-31)26-7-5-23(4-2)6-8-26/h4,18,20,23-29,31H,2-3,5-17,19,21-22H2,1H3. The van der Waals surface area contributed by atoms with E-state index in [9.17, 15) is 8.78 Å². The summed E-state index contributed by atoms with van der Waals surface area (Å²) in [7, 11) is 0. The Hall–Kier alpha value is -1.42. The maximum atomic E-state index is 14.8. The van der Waals surface area contributed by atoms with Crippen LogP contribution in [0.5, 0.6) is 5.75 Å². The zero-order chi connectivity index (χ0) is 26.5. The molecule has 0 N–H and O–H groups in total. The van der Waals surface area contributed by atoms with E-state index >= 15 is 0 Å². The molecule has 5 rings (SSSR count). The molecule has 1 aromatic rings. The van der Waals surface area contributed by atoms with E-state index in [1.807, 2.05) is 6.92 Å². The van der Waals surface area contributed by atoms with E-state index in [0.717, 1.165) is 74.2 Å². The monoisotopic (exact) mass is 528 g/mol. The Balaban J connectivity index is 1.04. The largest absolute Gasteiger partial charge is 0.490 e.